The van der Waals surface area contributed by atoms with E-state index in [4.69, 9.17) is 21.4 Å². The molecule has 1 aliphatic rings. The molecule has 9 rings (SSSR count). The first-order valence-corrected chi connectivity index (χ1v) is 29.3. The Hall–Kier alpha value is -9.03. The predicted molar refractivity (Wildman–Crippen MR) is 347 cm³/mol. The van der Waals surface area contributed by atoms with Gasteiger partial charge in [0, 0.05) is 89.5 Å². The molecule has 0 atom stereocenters. The van der Waals surface area contributed by atoms with E-state index in [1.165, 1.54) is 16.7 Å². The summed E-state index contributed by atoms with van der Waals surface area (Å²) in [6, 6.07) is 40.7. The Balaban J connectivity index is 0.653. The van der Waals surface area contributed by atoms with Crippen LogP contribution in [0.1, 0.15) is 118 Å². The Morgan fingerprint density at radius 1 is 0.506 bits per heavy atom. The maximum atomic E-state index is 13.1. The van der Waals surface area contributed by atoms with E-state index in [2.05, 4.69) is 146 Å². The molecule has 0 unspecified atom stereocenters. The van der Waals surface area contributed by atoms with Crippen molar-refractivity contribution < 1.29 is 14.2 Å². The van der Waals surface area contributed by atoms with Gasteiger partial charge in [0.15, 0.2) is 0 Å². The number of aromatic nitrogens is 2. The Labute approximate surface area is 490 Å². The molecule has 1 aliphatic carbocycles. The quantitative estimate of drug-likeness (QED) is 0.0143. The van der Waals surface area contributed by atoms with Crippen LogP contribution in [0.15, 0.2) is 162 Å². The number of hydrogen-bond acceptors (Lipinski definition) is 9. The highest BCUT2D eigenvalue weighted by Crippen LogP contribution is 2.36. The first-order valence-electron chi connectivity index (χ1n) is 29.3. The molecule has 7 aromatic carbocycles. The number of aryl methyl sites for hydroxylation is 7. The zero-order valence-electron chi connectivity index (χ0n) is 49.7. The fraction of sp³-hybridized carbons (Fsp3) is 0.282. The highest BCUT2D eigenvalue weighted by atomic mass is 16.2. The summed E-state index contributed by atoms with van der Waals surface area (Å²) in [5.74, 6) is -0.157. The number of nitrogens with one attached hydrogen (secondary N) is 5. The number of aliphatic imine (C=N–C) groups is 1. The van der Waals surface area contributed by atoms with Crippen LogP contribution in [0.4, 0.5) is 34.1 Å². The minimum Gasteiger partial charge on any atom is -0.398 e. The van der Waals surface area contributed by atoms with Gasteiger partial charge in [0.2, 0.25) is 16.7 Å². The van der Waals surface area contributed by atoms with E-state index in [0.29, 0.717) is 29.9 Å². The summed E-state index contributed by atoms with van der Waals surface area (Å²) in [5, 5.41) is 17.0. The summed E-state index contributed by atoms with van der Waals surface area (Å²) in [6.45, 7) is 24.0. The summed E-state index contributed by atoms with van der Waals surface area (Å²) < 4.78 is 2.30. The lowest BCUT2D eigenvalue weighted by atomic mass is 9.98. The molecule has 0 aliphatic heterocycles. The summed E-state index contributed by atoms with van der Waals surface area (Å²) >= 11 is 0. The van der Waals surface area contributed by atoms with Crippen molar-refractivity contribution in [1.82, 2.24) is 20.9 Å². The van der Waals surface area contributed by atoms with Gasteiger partial charge in [-0.3, -0.25) is 9.59 Å². The number of anilines is 5. The van der Waals surface area contributed by atoms with Crippen LogP contribution in [0.5, 0.6) is 0 Å². The Kier molecular flexibility index (Phi) is 18.9. The van der Waals surface area contributed by atoms with E-state index in [1.54, 1.807) is 0 Å². The van der Waals surface area contributed by atoms with E-state index < -0.39 is 0 Å². The van der Waals surface area contributed by atoms with Crippen molar-refractivity contribution in [1.29, 1.82) is 0 Å². The molecule has 426 valence electrons. The minimum atomic E-state index is -0.0796. The standard InChI is InChI=1S/C71H80N10O2/c1-44-18-28-59(48(5)34-44)78-64-41-57(72)46(3)36-63(64)79-62-39-49(6)60(38-51(62)8)74-30-14-10-12-16-32-76-70(82)55-24-20-53(21-25-55)54-22-26-56(27-23-54)71(83)77-33-17-13-11-15-31-75-61-43-69-66(40-50(61)7)80-65-37-47(4)58(73)42-68(65)81(69)67-29-19-45(2)35-52(67)9/h18-29,34-43,74,78H,8,10-17,30-33,72H2,1-7,9H3,(H4,73,75,76,77,82,83)/p+1. The second kappa shape index (κ2) is 26.7. The summed E-state index contributed by atoms with van der Waals surface area (Å²) in [7, 11) is 0. The molecule has 2 amide bonds. The van der Waals surface area contributed by atoms with E-state index in [1.807, 2.05) is 80.6 Å². The van der Waals surface area contributed by atoms with E-state index in [9.17, 15) is 9.59 Å². The van der Waals surface area contributed by atoms with Crippen LogP contribution >= 0.6 is 0 Å². The van der Waals surface area contributed by atoms with Crippen molar-refractivity contribution in [2.24, 2.45) is 4.99 Å². The predicted octanol–water partition coefficient (Wildman–Crippen LogP) is 14.9. The van der Waals surface area contributed by atoms with Crippen molar-refractivity contribution >= 4 is 73.7 Å². The second-order valence-corrected chi connectivity index (χ2v) is 22.5. The normalized spacial score (nSPS) is 12.8. The lowest BCUT2D eigenvalue weighted by Crippen LogP contribution is -2.34. The maximum absolute atomic E-state index is 13.1. The highest BCUT2D eigenvalue weighted by Gasteiger charge is 2.24. The van der Waals surface area contributed by atoms with Gasteiger partial charge in [0.05, 0.1) is 17.1 Å². The summed E-state index contributed by atoms with van der Waals surface area (Å²) in [6.07, 6.45) is 12.1. The van der Waals surface area contributed by atoms with Gasteiger partial charge >= 0.3 is 0 Å². The van der Waals surface area contributed by atoms with Crippen molar-refractivity contribution in [3.63, 3.8) is 0 Å². The molecule has 0 radical (unpaired) electrons. The maximum Gasteiger partial charge on any atom is 0.251 e. The second-order valence-electron chi connectivity index (χ2n) is 22.5. The van der Waals surface area contributed by atoms with Gasteiger partial charge in [0.25, 0.3) is 11.8 Å². The molecule has 0 saturated carbocycles. The number of carbonyl (C=O) groups is 2. The number of hydrogen-bond donors (Lipinski definition) is 7. The molecule has 0 bridgehead atoms. The summed E-state index contributed by atoms with van der Waals surface area (Å²) in [4.78, 5) is 36.2. The Bertz CT molecular complexity index is 3830. The van der Waals surface area contributed by atoms with Crippen LogP contribution in [-0.2, 0) is 0 Å². The van der Waals surface area contributed by atoms with Gasteiger partial charge in [-0.05, 0) is 198 Å². The van der Waals surface area contributed by atoms with Gasteiger partial charge in [-0.15, -0.1) is 4.57 Å². The topological polar surface area (TPSA) is 175 Å². The molecule has 83 heavy (non-hydrogen) atoms. The zero-order valence-corrected chi connectivity index (χ0v) is 49.7. The van der Waals surface area contributed by atoms with E-state index in [-0.39, 0.29) is 11.8 Å². The first kappa shape index (κ1) is 58.6. The first-order chi connectivity index (χ1) is 40.0. The number of fused-ring (bicyclic) bond motifs is 2. The molecular formula is C71H81N10O2+. The van der Waals surface area contributed by atoms with Crippen LogP contribution in [0.2, 0.25) is 0 Å². The molecule has 0 saturated heterocycles. The number of amides is 2. The number of nitrogens with zero attached hydrogens (tertiary/aromatic N) is 3. The van der Waals surface area contributed by atoms with Crippen LogP contribution < -0.4 is 42.6 Å². The third kappa shape index (κ3) is 14.5. The van der Waals surface area contributed by atoms with Gasteiger partial charge in [-0.1, -0.05) is 85.9 Å². The number of carbonyl (C=O) groups excluding carboxylic acids is 2. The van der Waals surface area contributed by atoms with E-state index >= 15 is 0 Å². The van der Waals surface area contributed by atoms with Crippen LogP contribution in [-0.4, -0.2) is 48.7 Å². The zero-order chi connectivity index (χ0) is 58.7. The third-order valence-corrected chi connectivity index (χ3v) is 15.7. The average Bonchev–Trinajstić information content (AvgIpc) is 3.64. The molecule has 0 fully saturated rings. The van der Waals surface area contributed by atoms with E-state index in [0.717, 1.165) is 177 Å². The molecule has 12 heteroatoms. The fourth-order valence-corrected chi connectivity index (χ4v) is 10.7. The van der Waals surface area contributed by atoms with Gasteiger partial charge in [0.1, 0.15) is 11.0 Å². The molecule has 9 N–H and O–H groups in total. The monoisotopic (exact) mass is 1110 g/mol. The third-order valence-electron chi connectivity index (χ3n) is 15.7. The number of allylic oxidation sites excluding steroid dienone is 4. The number of nitrogen functional groups attached to an aromatic ring is 2. The number of rotatable bonds is 23. The lowest BCUT2D eigenvalue weighted by molar-refractivity contribution is -0.538. The highest BCUT2D eigenvalue weighted by molar-refractivity contribution is 6.13. The van der Waals surface area contributed by atoms with Crippen molar-refractivity contribution in [3.05, 3.63) is 207 Å². The Morgan fingerprint density at radius 3 is 1.63 bits per heavy atom. The molecular weight excluding hydrogens is 1020 g/mol. The van der Waals surface area contributed by atoms with Crippen molar-refractivity contribution in [2.45, 2.75) is 107 Å². The van der Waals surface area contributed by atoms with Crippen molar-refractivity contribution in [2.75, 3.05) is 48.3 Å². The van der Waals surface area contributed by atoms with Crippen molar-refractivity contribution in [3.8, 4) is 16.8 Å². The molecule has 0 spiro atoms. The molecule has 8 aromatic rings. The average molecular weight is 1110 g/mol. The number of benzene rings is 7. The summed E-state index contributed by atoms with van der Waals surface area (Å²) in [5.41, 5.74) is 38.0. The Morgan fingerprint density at radius 2 is 1.02 bits per heavy atom. The number of unbranched alkanes of at least 4 members (excludes halogenated alkanes) is 6. The SMILES string of the molecule is C=C1C=C(NCCCCCCNC(=O)c2ccc(-c3ccc(C(=O)NCCCCCCNc4cc5c(cc4C)nc4cc(C)c(N)cc4[n+]5-c4ccc(C)cc4C)cc3)cc2)C(C)=CC1=Nc1cc(C)c(N)cc1Nc1ccc(C)cc1C. The number of nitrogens with two attached hydrogens (primary N) is 2. The van der Waals surface area contributed by atoms with Crippen LogP contribution in [0.3, 0.4) is 0 Å². The minimum absolute atomic E-state index is 0.0771. The smallest absolute Gasteiger partial charge is 0.251 e. The van der Waals surface area contributed by atoms with Gasteiger partial charge in [-0.25, -0.2) is 9.98 Å². The lowest BCUT2D eigenvalue weighted by Gasteiger charge is -2.19. The molecule has 1 heterocycles. The molecule has 1 aromatic heterocycles. The van der Waals surface area contributed by atoms with Crippen LogP contribution in [0.25, 0.3) is 38.9 Å². The largest absolute Gasteiger partial charge is 0.398 e. The van der Waals surface area contributed by atoms with Gasteiger partial charge < -0.3 is 38.1 Å². The van der Waals surface area contributed by atoms with Crippen LogP contribution in [0, 0.1) is 48.5 Å². The van der Waals surface area contributed by atoms with Gasteiger partial charge in [-0.2, -0.15) is 0 Å². The fourth-order valence-electron chi connectivity index (χ4n) is 10.7. The molecule has 12 nitrogen and oxygen atoms in total.